The summed E-state index contributed by atoms with van der Waals surface area (Å²) in [6.45, 7) is 17.6. The molecule has 1 spiro atoms. The maximum atomic E-state index is 5.99. The summed E-state index contributed by atoms with van der Waals surface area (Å²) in [7, 11) is 1.95. The quantitative estimate of drug-likeness (QED) is 0.541. The molecule has 1 aromatic heterocycles. The monoisotopic (exact) mass is 392 g/mol. The molecule has 3 rings (SSSR count). The van der Waals surface area contributed by atoms with Crippen molar-refractivity contribution in [1.82, 2.24) is 4.57 Å². The number of hydrogen-bond donors (Lipinski definition) is 0. The van der Waals surface area contributed by atoms with Gasteiger partial charge in [-0.05, 0) is 19.9 Å². The summed E-state index contributed by atoms with van der Waals surface area (Å²) in [5.41, 5.74) is 0.688. The van der Waals surface area contributed by atoms with Gasteiger partial charge in [0.15, 0.2) is 5.82 Å². The molecule has 0 aromatic carbocycles. The summed E-state index contributed by atoms with van der Waals surface area (Å²) in [5.74, 6) is 0.677. The van der Waals surface area contributed by atoms with E-state index in [0.29, 0.717) is 5.57 Å². The molecule has 2 aliphatic heterocycles. The first-order chi connectivity index (χ1) is 10.6. The summed E-state index contributed by atoms with van der Waals surface area (Å²) in [6.07, 6.45) is 10.4. The van der Waals surface area contributed by atoms with Gasteiger partial charge in [0.25, 0.3) is 5.91 Å². The molecule has 0 bridgehead atoms. The van der Waals surface area contributed by atoms with E-state index in [-0.39, 0.29) is 38.8 Å². The van der Waals surface area contributed by atoms with Crippen LogP contribution in [-0.2, 0) is 55.1 Å². The molecule has 0 aliphatic carbocycles. The van der Waals surface area contributed by atoms with E-state index < -0.39 is 5.91 Å². The minimum Gasteiger partial charge on any atom is -0.444 e. The molecule has 0 N–H and O–H groups in total. The Morgan fingerprint density at radius 3 is 2.48 bits per heavy atom. The molecule has 1 aromatic rings. The summed E-state index contributed by atoms with van der Waals surface area (Å²) < 4.78 is 15.8. The fraction of sp³-hybridized carbons (Fsp3) is 0.500. The first-order valence-corrected chi connectivity index (χ1v) is 7.89. The zero-order valence-corrected chi connectivity index (χ0v) is 18.1. The Morgan fingerprint density at radius 2 is 1.96 bits per heavy atom. The van der Waals surface area contributed by atoms with Crippen LogP contribution in [0.4, 0.5) is 0 Å². The van der Waals surface area contributed by atoms with Crippen molar-refractivity contribution in [3.63, 3.8) is 0 Å². The maximum Gasteiger partial charge on any atom is 0.295 e. The SMILES string of the molecule is CC.CC.[CH-]=CC1=[C-]c2n(cc[n+]2C)C12OC(C)=CC(C)O2.[Y]. The van der Waals surface area contributed by atoms with Crippen LogP contribution >= 0.6 is 0 Å². The smallest absolute Gasteiger partial charge is 0.295 e. The van der Waals surface area contributed by atoms with E-state index in [9.17, 15) is 0 Å². The molecule has 0 saturated carbocycles. The second kappa shape index (κ2) is 9.56. The summed E-state index contributed by atoms with van der Waals surface area (Å²) >= 11 is 0. The molecule has 0 amide bonds. The summed E-state index contributed by atoms with van der Waals surface area (Å²) in [4.78, 5) is 0. The first-order valence-electron chi connectivity index (χ1n) is 7.89. The number of ether oxygens (including phenoxy) is 2. The number of hydrogen-bond acceptors (Lipinski definition) is 2. The van der Waals surface area contributed by atoms with E-state index in [4.69, 9.17) is 16.1 Å². The molecule has 0 saturated heterocycles. The van der Waals surface area contributed by atoms with Crippen molar-refractivity contribution in [2.24, 2.45) is 7.05 Å². The number of nitrogens with zero attached hydrogens (tertiary/aromatic N) is 2. The Labute approximate surface area is 165 Å². The molecule has 2 atom stereocenters. The van der Waals surface area contributed by atoms with Crippen LogP contribution in [0, 0.1) is 12.7 Å². The summed E-state index contributed by atoms with van der Waals surface area (Å²) in [5, 5.41) is 0. The standard InChI is InChI=1S/C14H15N2O2.2C2H6.Y/c1-5-12-9-13-15(4)6-7-16(13)14(12)17-10(2)8-11(3)18-14;2*1-2;/h1,5-8,10H,2-4H3;2*1-2H3;/q-1;;;. The Bertz CT molecular complexity index is 590. The second-order valence-electron chi connectivity index (χ2n) is 4.59. The van der Waals surface area contributed by atoms with Crippen molar-refractivity contribution in [2.45, 2.75) is 53.6 Å². The number of aryl methyl sites for hydroxylation is 1. The van der Waals surface area contributed by atoms with Crippen molar-refractivity contribution < 1.29 is 46.7 Å². The Balaban J connectivity index is 0.000000901. The van der Waals surface area contributed by atoms with Gasteiger partial charge in [0.2, 0.25) is 0 Å². The van der Waals surface area contributed by atoms with Crippen molar-refractivity contribution >= 4 is 0 Å². The van der Waals surface area contributed by atoms with E-state index in [2.05, 4.69) is 6.08 Å². The van der Waals surface area contributed by atoms with E-state index in [0.717, 1.165) is 11.6 Å². The number of fused-ring (bicyclic) bond motifs is 2. The fourth-order valence-corrected chi connectivity index (χ4v) is 2.46. The van der Waals surface area contributed by atoms with Crippen molar-refractivity contribution in [3.05, 3.63) is 54.4 Å². The predicted molar refractivity (Wildman–Crippen MR) is 86.4 cm³/mol. The number of allylic oxidation sites excluding steroid dienone is 1. The number of imidazole rings is 1. The zero-order chi connectivity index (χ0) is 16.9. The van der Waals surface area contributed by atoms with Crippen LogP contribution < -0.4 is 4.57 Å². The minimum atomic E-state index is -1.01. The third-order valence-corrected chi connectivity index (χ3v) is 3.19. The van der Waals surface area contributed by atoms with Crippen LogP contribution in [-0.4, -0.2) is 10.7 Å². The molecular formula is C18H27N2O2Y-. The fourth-order valence-electron chi connectivity index (χ4n) is 2.46. The van der Waals surface area contributed by atoms with E-state index in [1.54, 1.807) is 0 Å². The van der Waals surface area contributed by atoms with Crippen LogP contribution in [0.3, 0.4) is 0 Å². The van der Waals surface area contributed by atoms with Gasteiger partial charge >= 0.3 is 0 Å². The molecule has 3 heterocycles. The normalized spacial score (nSPS) is 23.7. The average molecular weight is 392 g/mol. The van der Waals surface area contributed by atoms with E-state index >= 15 is 0 Å². The maximum absolute atomic E-state index is 5.99. The van der Waals surface area contributed by atoms with Gasteiger partial charge in [-0.2, -0.15) is 4.57 Å². The molecule has 125 valence electrons. The number of rotatable bonds is 1. The van der Waals surface area contributed by atoms with E-state index in [1.165, 1.54) is 6.08 Å². The Morgan fingerprint density at radius 1 is 1.35 bits per heavy atom. The van der Waals surface area contributed by atoms with Crippen molar-refractivity contribution in [3.8, 4) is 0 Å². The van der Waals surface area contributed by atoms with Crippen molar-refractivity contribution in [2.75, 3.05) is 0 Å². The van der Waals surface area contributed by atoms with E-state index in [1.807, 2.05) is 76.2 Å². The summed E-state index contributed by atoms with van der Waals surface area (Å²) in [6, 6.07) is 0. The largest absolute Gasteiger partial charge is 0.444 e. The molecule has 5 heteroatoms. The molecule has 2 unspecified atom stereocenters. The molecule has 0 fully saturated rings. The van der Waals surface area contributed by atoms with Gasteiger partial charge in [0.1, 0.15) is 12.4 Å². The first kappa shape index (κ1) is 22.3. The second-order valence-corrected chi connectivity index (χ2v) is 4.59. The Hall–Kier alpha value is -0.706. The molecule has 4 nitrogen and oxygen atoms in total. The van der Waals surface area contributed by atoms with Crippen LogP contribution in [0.2, 0.25) is 0 Å². The van der Waals surface area contributed by atoms with Gasteiger partial charge in [-0.1, -0.05) is 27.7 Å². The van der Waals surface area contributed by atoms with Crippen molar-refractivity contribution in [1.29, 1.82) is 0 Å². The van der Waals surface area contributed by atoms with Crippen LogP contribution in [0.1, 0.15) is 47.4 Å². The molecular weight excluding hydrogens is 365 g/mol. The Kier molecular flexibility index (Phi) is 9.26. The van der Waals surface area contributed by atoms with Gasteiger partial charge < -0.3 is 22.1 Å². The molecule has 23 heavy (non-hydrogen) atoms. The van der Waals surface area contributed by atoms with Gasteiger partial charge in [-0.15, -0.1) is 0 Å². The van der Waals surface area contributed by atoms with Gasteiger partial charge in [0.05, 0.1) is 18.9 Å². The van der Waals surface area contributed by atoms with Crippen LogP contribution in [0.15, 0.2) is 35.9 Å². The third-order valence-electron chi connectivity index (χ3n) is 3.19. The van der Waals surface area contributed by atoms with Gasteiger partial charge in [-0.3, -0.25) is 4.57 Å². The predicted octanol–water partition coefficient (Wildman–Crippen LogP) is 3.39. The zero-order valence-electron chi connectivity index (χ0n) is 15.3. The molecule has 1 radical (unpaired) electrons. The number of aromatic nitrogens is 2. The van der Waals surface area contributed by atoms with Crippen LogP contribution in [0.25, 0.3) is 0 Å². The van der Waals surface area contributed by atoms with Gasteiger partial charge in [-0.25, -0.2) is 11.6 Å². The third kappa shape index (κ3) is 4.04. The average Bonchev–Trinajstić information content (AvgIpc) is 3.02. The minimum absolute atomic E-state index is 0. The van der Waals surface area contributed by atoms with Gasteiger partial charge in [0, 0.05) is 32.7 Å². The molecule has 2 aliphatic rings. The van der Waals surface area contributed by atoms with Crippen LogP contribution in [0.5, 0.6) is 0 Å². The topological polar surface area (TPSA) is 27.3 Å².